The summed E-state index contributed by atoms with van der Waals surface area (Å²) in [5.41, 5.74) is 11.7. The third kappa shape index (κ3) is 5.00. The second kappa shape index (κ2) is 12.5. The van der Waals surface area contributed by atoms with Gasteiger partial charge in [0, 0.05) is 43.4 Å². The Morgan fingerprint density at radius 2 is 1.21 bits per heavy atom. The van der Waals surface area contributed by atoms with Crippen molar-refractivity contribution in [1.29, 1.82) is 0 Å². The molecule has 268 valence electrons. The first kappa shape index (κ1) is 31.7. The Hall–Kier alpha value is -7.57. The van der Waals surface area contributed by atoms with Crippen LogP contribution in [0.4, 0.5) is 0 Å². The minimum atomic E-state index is 0.507. The Balaban J connectivity index is 1.07. The molecule has 0 spiro atoms. The highest BCUT2D eigenvalue weighted by Gasteiger charge is 2.23. The molecule has 0 atom stereocenters. The topological polar surface area (TPSA) is 69.9 Å². The van der Waals surface area contributed by atoms with Crippen molar-refractivity contribution < 1.29 is 8.83 Å². The lowest BCUT2D eigenvalue weighted by molar-refractivity contribution is 0.669. The number of benzene rings is 7. The van der Waals surface area contributed by atoms with Crippen LogP contribution in [0, 0.1) is 0 Å². The summed E-state index contributed by atoms with van der Waals surface area (Å²) in [4.78, 5) is 15.6. The van der Waals surface area contributed by atoms with Gasteiger partial charge < -0.3 is 8.83 Å². The van der Waals surface area contributed by atoms with E-state index < -0.39 is 0 Å². The Kier molecular flexibility index (Phi) is 6.95. The summed E-state index contributed by atoms with van der Waals surface area (Å²) in [6, 6.07) is 52.4. The lowest BCUT2D eigenvalue weighted by Crippen LogP contribution is -2.06. The van der Waals surface area contributed by atoms with Crippen molar-refractivity contribution in [2.75, 3.05) is 0 Å². The Bertz CT molecular complexity index is 3470. The number of nitrogens with zero attached hydrogens (tertiary/aromatic N) is 4. The second-order valence-electron chi connectivity index (χ2n) is 14.6. The quantitative estimate of drug-likeness (QED) is 0.176. The van der Waals surface area contributed by atoms with Gasteiger partial charge in [-0.2, -0.15) is 9.97 Å². The highest BCUT2D eigenvalue weighted by Crippen LogP contribution is 2.42. The summed E-state index contributed by atoms with van der Waals surface area (Å²) in [7, 11) is 0. The van der Waals surface area contributed by atoms with Crippen LogP contribution < -0.4 is 0 Å². The van der Waals surface area contributed by atoms with Crippen LogP contribution in [-0.2, 0) is 0 Å². The van der Waals surface area contributed by atoms with Crippen LogP contribution in [-0.4, -0.2) is 19.5 Å². The minimum absolute atomic E-state index is 0.507. The molecule has 57 heavy (non-hydrogen) atoms. The predicted octanol–water partition coefficient (Wildman–Crippen LogP) is 13.5. The molecule has 0 bridgehead atoms. The molecule has 0 amide bonds. The van der Waals surface area contributed by atoms with E-state index >= 15 is 0 Å². The van der Waals surface area contributed by atoms with E-state index in [9.17, 15) is 0 Å². The van der Waals surface area contributed by atoms with Gasteiger partial charge in [-0.3, -0.25) is 4.57 Å². The number of rotatable bonds is 5. The molecular formula is C51H32N4O2. The summed E-state index contributed by atoms with van der Waals surface area (Å²) in [6.07, 6.45) is 8.97. The molecule has 7 aromatic carbocycles. The van der Waals surface area contributed by atoms with Crippen molar-refractivity contribution in [1.82, 2.24) is 19.5 Å². The van der Waals surface area contributed by atoms with Crippen molar-refractivity contribution in [3.05, 3.63) is 175 Å². The molecule has 6 heteroatoms. The standard InChI is InChI=1S/C51H32N4O2/c1-3-13-31(14-4-1)33-17-11-18-34(29-33)36-21-12-24-44-46(36)41-26-25-35(30-45(41)56-44)50-52-49(32-15-5-2-6-16-32)53-51(54-50)55-42-22-9-7-19-37(42)39-27-28-40-38-20-8-10-23-43(38)57-48(40)47(39)55/h2-3,5-30H,1,4H2. The molecule has 1 aliphatic carbocycles. The highest BCUT2D eigenvalue weighted by molar-refractivity contribution is 6.21. The van der Waals surface area contributed by atoms with Gasteiger partial charge in [0.2, 0.25) is 5.95 Å². The van der Waals surface area contributed by atoms with E-state index in [4.69, 9.17) is 23.8 Å². The maximum absolute atomic E-state index is 6.63. The molecule has 1 aliphatic rings. The lowest BCUT2D eigenvalue weighted by atomic mass is 9.94. The molecule has 0 saturated heterocycles. The first-order valence-electron chi connectivity index (χ1n) is 19.3. The molecule has 0 aliphatic heterocycles. The van der Waals surface area contributed by atoms with Crippen LogP contribution in [0.25, 0.3) is 111 Å². The first-order valence-corrected chi connectivity index (χ1v) is 19.3. The van der Waals surface area contributed by atoms with Gasteiger partial charge in [-0.1, -0.05) is 127 Å². The van der Waals surface area contributed by atoms with Crippen LogP contribution in [0.5, 0.6) is 0 Å². The van der Waals surface area contributed by atoms with Crippen molar-refractivity contribution >= 4 is 71.3 Å². The number of hydrogen-bond donors (Lipinski definition) is 0. The van der Waals surface area contributed by atoms with Gasteiger partial charge in [0.15, 0.2) is 17.2 Å². The molecule has 0 radical (unpaired) electrons. The third-order valence-corrected chi connectivity index (χ3v) is 11.3. The number of allylic oxidation sites excluding steroid dienone is 4. The third-order valence-electron chi connectivity index (χ3n) is 11.3. The molecule has 4 aromatic heterocycles. The molecular weight excluding hydrogens is 701 g/mol. The Morgan fingerprint density at radius 1 is 0.474 bits per heavy atom. The molecule has 0 fully saturated rings. The number of aromatic nitrogens is 4. The molecule has 0 saturated carbocycles. The number of hydrogen-bond acceptors (Lipinski definition) is 5. The molecule has 4 heterocycles. The van der Waals surface area contributed by atoms with E-state index in [2.05, 4.69) is 120 Å². The van der Waals surface area contributed by atoms with Crippen LogP contribution >= 0.6 is 0 Å². The van der Waals surface area contributed by atoms with Crippen LogP contribution in [0.2, 0.25) is 0 Å². The van der Waals surface area contributed by atoms with E-state index in [1.165, 1.54) is 11.1 Å². The SMILES string of the molecule is C1=CC(c2cccc(-c3cccc4oc5cc(-c6nc(-c7ccccc7)nc(-n7c8ccccc8c8ccc9c%10ccccc%10oc9c87)n6)ccc5c34)c2)=CCC1. The fourth-order valence-corrected chi connectivity index (χ4v) is 8.65. The largest absolute Gasteiger partial charge is 0.456 e. The van der Waals surface area contributed by atoms with Crippen molar-refractivity contribution in [3.8, 4) is 39.9 Å². The molecule has 0 unspecified atom stereocenters. The van der Waals surface area contributed by atoms with Gasteiger partial charge in [-0.25, -0.2) is 4.98 Å². The Labute approximate surface area is 326 Å². The van der Waals surface area contributed by atoms with Crippen LogP contribution in [0.3, 0.4) is 0 Å². The maximum Gasteiger partial charge on any atom is 0.238 e. The van der Waals surface area contributed by atoms with Crippen molar-refractivity contribution in [2.45, 2.75) is 12.8 Å². The molecule has 12 rings (SSSR count). The summed E-state index contributed by atoms with van der Waals surface area (Å²) < 4.78 is 15.4. The summed E-state index contributed by atoms with van der Waals surface area (Å²) >= 11 is 0. The van der Waals surface area contributed by atoms with Gasteiger partial charge in [0.25, 0.3) is 0 Å². The van der Waals surface area contributed by atoms with Gasteiger partial charge >= 0.3 is 0 Å². The zero-order valence-electron chi connectivity index (χ0n) is 30.7. The maximum atomic E-state index is 6.63. The highest BCUT2D eigenvalue weighted by atomic mass is 16.3. The molecule has 6 nitrogen and oxygen atoms in total. The van der Waals surface area contributed by atoms with Crippen LogP contribution in [0.1, 0.15) is 18.4 Å². The monoisotopic (exact) mass is 732 g/mol. The Morgan fingerprint density at radius 3 is 2.11 bits per heavy atom. The summed E-state index contributed by atoms with van der Waals surface area (Å²) in [6.45, 7) is 0. The zero-order chi connectivity index (χ0) is 37.5. The van der Waals surface area contributed by atoms with E-state index in [1.807, 2.05) is 54.6 Å². The molecule has 0 N–H and O–H groups in total. The predicted molar refractivity (Wildman–Crippen MR) is 231 cm³/mol. The number of furan rings is 2. The van der Waals surface area contributed by atoms with Gasteiger partial charge in [0.1, 0.15) is 22.3 Å². The lowest BCUT2D eigenvalue weighted by Gasteiger charge is -2.11. The van der Waals surface area contributed by atoms with E-state index in [-0.39, 0.29) is 0 Å². The number of fused-ring (bicyclic) bond motifs is 10. The average molecular weight is 733 g/mol. The zero-order valence-corrected chi connectivity index (χ0v) is 30.7. The van der Waals surface area contributed by atoms with Crippen LogP contribution in [0.15, 0.2) is 179 Å². The van der Waals surface area contributed by atoms with E-state index in [0.717, 1.165) is 101 Å². The molecule has 11 aromatic rings. The van der Waals surface area contributed by atoms with Gasteiger partial charge in [0.05, 0.1) is 5.52 Å². The van der Waals surface area contributed by atoms with Crippen molar-refractivity contribution in [2.24, 2.45) is 0 Å². The summed E-state index contributed by atoms with van der Waals surface area (Å²) in [5.74, 6) is 1.63. The minimum Gasteiger partial charge on any atom is -0.456 e. The van der Waals surface area contributed by atoms with E-state index in [0.29, 0.717) is 17.6 Å². The first-order chi connectivity index (χ1) is 28.2. The average Bonchev–Trinajstić information content (AvgIpc) is 3.96. The fourth-order valence-electron chi connectivity index (χ4n) is 8.65. The number of para-hydroxylation sites is 2. The fraction of sp³-hybridized carbons (Fsp3) is 0.0392. The smallest absolute Gasteiger partial charge is 0.238 e. The van der Waals surface area contributed by atoms with Gasteiger partial charge in [-0.15, -0.1) is 0 Å². The van der Waals surface area contributed by atoms with Crippen molar-refractivity contribution in [3.63, 3.8) is 0 Å². The normalized spacial score (nSPS) is 13.2. The second-order valence-corrected chi connectivity index (χ2v) is 14.6. The summed E-state index contributed by atoms with van der Waals surface area (Å²) in [5, 5.41) is 6.40. The van der Waals surface area contributed by atoms with E-state index in [1.54, 1.807) is 0 Å². The van der Waals surface area contributed by atoms with Gasteiger partial charge in [-0.05, 0) is 77.6 Å².